The van der Waals surface area contributed by atoms with E-state index < -0.39 is 17.7 Å². The van der Waals surface area contributed by atoms with Crippen LogP contribution in [0, 0.1) is 6.92 Å². The van der Waals surface area contributed by atoms with Gasteiger partial charge >= 0.3 is 5.91 Å². The molecule has 33 heavy (non-hydrogen) atoms. The average molecular weight is 438 g/mol. The van der Waals surface area contributed by atoms with Gasteiger partial charge in [0.25, 0.3) is 5.78 Å². The highest BCUT2D eigenvalue weighted by Gasteiger charge is 2.49. The van der Waals surface area contributed by atoms with Gasteiger partial charge in [0.1, 0.15) is 23.3 Å². The molecular weight excluding hydrogens is 420 g/mol. The largest absolute Gasteiger partial charge is 0.507 e. The molecule has 3 aromatic heterocycles. The standard InChI is InChI=1S/C25H18N4O4/c1-13-10-11-19(33-13)21-20(22(30)15-12-26-16-7-3-2-6-14(15)16)23(31)24(32)29(21)25-27-17-8-4-5-9-18(17)28-25/h2-12,21,26,30H,1H3,(H,27,28)/b22-20+. The molecule has 1 aliphatic rings. The van der Waals surface area contributed by atoms with Gasteiger partial charge in [-0.2, -0.15) is 0 Å². The number of furan rings is 1. The fourth-order valence-electron chi connectivity index (χ4n) is 4.39. The summed E-state index contributed by atoms with van der Waals surface area (Å²) >= 11 is 0. The number of imidazole rings is 1. The smallest absolute Gasteiger partial charge is 0.302 e. The average Bonchev–Trinajstić information content (AvgIpc) is 3.58. The molecule has 162 valence electrons. The molecule has 8 nitrogen and oxygen atoms in total. The minimum absolute atomic E-state index is 0.0560. The number of carbonyl (C=O) groups excluding carboxylic acids is 2. The molecule has 0 bridgehead atoms. The van der Waals surface area contributed by atoms with E-state index in [4.69, 9.17) is 4.42 Å². The number of hydrogen-bond donors (Lipinski definition) is 3. The Labute approximate surface area is 187 Å². The van der Waals surface area contributed by atoms with Gasteiger partial charge in [0.15, 0.2) is 0 Å². The van der Waals surface area contributed by atoms with Crippen molar-refractivity contribution in [3.63, 3.8) is 0 Å². The quantitative estimate of drug-likeness (QED) is 0.217. The first-order valence-electron chi connectivity index (χ1n) is 10.4. The van der Waals surface area contributed by atoms with Crippen molar-refractivity contribution in [3.8, 4) is 0 Å². The van der Waals surface area contributed by atoms with E-state index in [1.165, 1.54) is 4.90 Å². The Kier molecular flexibility index (Phi) is 4.03. The number of amides is 1. The van der Waals surface area contributed by atoms with Crippen LogP contribution in [0.5, 0.6) is 0 Å². The highest BCUT2D eigenvalue weighted by molar-refractivity contribution is 6.51. The van der Waals surface area contributed by atoms with Gasteiger partial charge in [-0.3, -0.25) is 14.5 Å². The number of aryl methyl sites for hydroxylation is 1. The van der Waals surface area contributed by atoms with E-state index in [0.717, 1.165) is 16.4 Å². The Morgan fingerprint density at radius 3 is 2.55 bits per heavy atom. The molecule has 2 aromatic carbocycles. The molecule has 1 fully saturated rings. The lowest BCUT2D eigenvalue weighted by Gasteiger charge is -2.20. The first kappa shape index (κ1) is 19.1. The van der Waals surface area contributed by atoms with Gasteiger partial charge in [-0.15, -0.1) is 0 Å². The number of para-hydroxylation sites is 3. The molecule has 1 saturated heterocycles. The van der Waals surface area contributed by atoms with Crippen molar-refractivity contribution in [2.45, 2.75) is 13.0 Å². The molecule has 1 aliphatic heterocycles. The van der Waals surface area contributed by atoms with Crippen molar-refractivity contribution in [1.82, 2.24) is 15.0 Å². The Morgan fingerprint density at radius 2 is 1.79 bits per heavy atom. The number of nitrogens with one attached hydrogen (secondary N) is 2. The second kappa shape index (κ2) is 6.96. The molecule has 6 rings (SSSR count). The second-order valence-corrected chi connectivity index (χ2v) is 7.94. The van der Waals surface area contributed by atoms with Crippen molar-refractivity contribution in [2.24, 2.45) is 0 Å². The number of benzene rings is 2. The fourth-order valence-corrected chi connectivity index (χ4v) is 4.39. The Balaban J connectivity index is 1.59. The zero-order valence-electron chi connectivity index (χ0n) is 17.5. The highest BCUT2D eigenvalue weighted by Crippen LogP contribution is 2.43. The fraction of sp³-hybridized carbons (Fsp3) is 0.0800. The van der Waals surface area contributed by atoms with E-state index in [0.29, 0.717) is 22.6 Å². The number of rotatable bonds is 3. The number of aromatic amines is 2. The molecular formula is C25H18N4O4. The summed E-state index contributed by atoms with van der Waals surface area (Å²) in [6.07, 6.45) is 1.62. The summed E-state index contributed by atoms with van der Waals surface area (Å²) in [5.41, 5.74) is 2.55. The maximum Gasteiger partial charge on any atom is 0.302 e. The van der Waals surface area contributed by atoms with E-state index in [2.05, 4.69) is 15.0 Å². The molecule has 3 N–H and O–H groups in total. The summed E-state index contributed by atoms with van der Waals surface area (Å²) in [5.74, 6) is -0.702. The van der Waals surface area contributed by atoms with Gasteiger partial charge in [-0.05, 0) is 37.3 Å². The third kappa shape index (κ3) is 2.81. The summed E-state index contributed by atoms with van der Waals surface area (Å²) in [5, 5.41) is 12.1. The summed E-state index contributed by atoms with van der Waals surface area (Å²) in [4.78, 5) is 38.5. The lowest BCUT2D eigenvalue weighted by molar-refractivity contribution is -0.132. The topological polar surface area (TPSA) is 115 Å². The lowest BCUT2D eigenvalue weighted by Crippen LogP contribution is -2.30. The molecule has 0 spiro atoms. The third-order valence-corrected chi connectivity index (χ3v) is 5.92. The summed E-state index contributed by atoms with van der Waals surface area (Å²) in [6, 6.07) is 17.2. The number of ketones is 1. The van der Waals surface area contributed by atoms with Crippen LogP contribution in [0.1, 0.15) is 23.1 Å². The number of nitrogens with zero attached hydrogens (tertiary/aromatic N) is 2. The molecule has 5 aromatic rings. The zero-order chi connectivity index (χ0) is 22.7. The molecule has 8 heteroatoms. The Morgan fingerprint density at radius 1 is 1.03 bits per heavy atom. The lowest BCUT2D eigenvalue weighted by atomic mass is 9.99. The van der Waals surface area contributed by atoms with Crippen LogP contribution < -0.4 is 4.90 Å². The van der Waals surface area contributed by atoms with E-state index in [-0.39, 0.29) is 17.3 Å². The molecule has 4 heterocycles. The number of fused-ring (bicyclic) bond motifs is 2. The first-order chi connectivity index (χ1) is 16.0. The van der Waals surface area contributed by atoms with Gasteiger partial charge in [0.2, 0.25) is 5.95 Å². The zero-order valence-corrected chi connectivity index (χ0v) is 17.5. The van der Waals surface area contributed by atoms with E-state index in [9.17, 15) is 14.7 Å². The minimum Gasteiger partial charge on any atom is -0.507 e. The van der Waals surface area contributed by atoms with Crippen molar-refractivity contribution in [2.75, 3.05) is 4.90 Å². The van der Waals surface area contributed by atoms with Crippen LogP contribution in [-0.4, -0.2) is 31.7 Å². The van der Waals surface area contributed by atoms with Crippen LogP contribution >= 0.6 is 0 Å². The van der Waals surface area contributed by atoms with Gasteiger partial charge in [-0.1, -0.05) is 30.3 Å². The normalized spacial score (nSPS) is 18.1. The van der Waals surface area contributed by atoms with Crippen molar-refractivity contribution in [3.05, 3.63) is 89.5 Å². The molecule has 1 unspecified atom stereocenters. The number of H-pyrrole nitrogens is 2. The number of aromatic nitrogens is 3. The number of Topliss-reactive ketones (excluding diaryl/α,β-unsaturated/α-hetero) is 1. The predicted octanol–water partition coefficient (Wildman–Crippen LogP) is 4.57. The van der Waals surface area contributed by atoms with Crippen LogP contribution in [0.15, 0.2) is 76.9 Å². The molecule has 1 amide bonds. The van der Waals surface area contributed by atoms with Gasteiger partial charge in [0, 0.05) is 22.7 Å². The Hall–Kier alpha value is -4.59. The van der Waals surface area contributed by atoms with Crippen LogP contribution in [0.4, 0.5) is 5.95 Å². The molecule has 1 atom stereocenters. The van der Waals surface area contributed by atoms with Gasteiger partial charge in [0.05, 0.1) is 16.6 Å². The van der Waals surface area contributed by atoms with Crippen molar-refractivity contribution >= 4 is 45.3 Å². The third-order valence-electron chi connectivity index (χ3n) is 5.92. The van der Waals surface area contributed by atoms with Crippen LogP contribution in [0.25, 0.3) is 27.7 Å². The van der Waals surface area contributed by atoms with Gasteiger partial charge < -0.3 is 19.5 Å². The molecule has 0 radical (unpaired) electrons. The number of anilines is 1. The number of aliphatic hydroxyl groups is 1. The predicted molar refractivity (Wildman–Crippen MR) is 123 cm³/mol. The highest BCUT2D eigenvalue weighted by atomic mass is 16.3. The number of aliphatic hydroxyl groups excluding tert-OH is 1. The first-order valence-corrected chi connectivity index (χ1v) is 10.4. The van der Waals surface area contributed by atoms with Gasteiger partial charge in [-0.25, -0.2) is 4.98 Å². The van der Waals surface area contributed by atoms with Crippen LogP contribution in [0.2, 0.25) is 0 Å². The van der Waals surface area contributed by atoms with Crippen LogP contribution in [0.3, 0.4) is 0 Å². The molecule has 0 aliphatic carbocycles. The Bertz CT molecular complexity index is 1570. The maximum atomic E-state index is 13.3. The van der Waals surface area contributed by atoms with Crippen molar-refractivity contribution < 1.29 is 19.1 Å². The van der Waals surface area contributed by atoms with Crippen LogP contribution in [-0.2, 0) is 9.59 Å². The summed E-state index contributed by atoms with van der Waals surface area (Å²) in [7, 11) is 0. The molecule has 0 saturated carbocycles. The van der Waals surface area contributed by atoms with E-state index in [1.807, 2.05) is 48.5 Å². The summed E-state index contributed by atoms with van der Waals surface area (Å²) in [6.45, 7) is 1.77. The second-order valence-electron chi connectivity index (χ2n) is 7.94. The minimum atomic E-state index is -0.979. The monoisotopic (exact) mass is 438 g/mol. The van der Waals surface area contributed by atoms with E-state index >= 15 is 0 Å². The van der Waals surface area contributed by atoms with Crippen molar-refractivity contribution in [1.29, 1.82) is 0 Å². The number of hydrogen-bond acceptors (Lipinski definition) is 5. The maximum absolute atomic E-state index is 13.3. The number of carbonyl (C=O) groups is 2. The SMILES string of the molecule is Cc1ccc(C2/C(=C(\O)c3c[nH]c4ccccc34)C(=O)C(=O)N2c2nc3ccccc3[nH]2)o1. The summed E-state index contributed by atoms with van der Waals surface area (Å²) < 4.78 is 5.83. The van der Waals surface area contributed by atoms with E-state index in [1.54, 1.807) is 25.3 Å².